The Balaban J connectivity index is 1.39. The van der Waals surface area contributed by atoms with Crippen molar-refractivity contribution in [2.45, 2.75) is 97.0 Å². The van der Waals surface area contributed by atoms with Gasteiger partial charge in [0.15, 0.2) is 0 Å². The topological polar surface area (TPSA) is 52.6 Å². The van der Waals surface area contributed by atoms with E-state index >= 15 is 0 Å². The molecule has 172 valence electrons. The summed E-state index contributed by atoms with van der Waals surface area (Å²) in [4.78, 5) is 23.4. The van der Waals surface area contributed by atoms with Gasteiger partial charge < -0.3 is 9.47 Å². The van der Waals surface area contributed by atoms with Crippen molar-refractivity contribution in [3.63, 3.8) is 0 Å². The maximum atomic E-state index is 12.0. The van der Waals surface area contributed by atoms with E-state index in [-0.39, 0.29) is 37.2 Å². The molecule has 0 bridgehead atoms. The van der Waals surface area contributed by atoms with Gasteiger partial charge in [-0.05, 0) is 112 Å². The molecule has 31 heavy (non-hydrogen) atoms. The van der Waals surface area contributed by atoms with Crippen molar-refractivity contribution >= 4 is 21.2 Å². The molecule has 5 heteroatoms. The summed E-state index contributed by atoms with van der Waals surface area (Å²) >= 11 is 0. The molecule has 0 aromatic heterocycles. The SMILES string of the molecule is Cc1cc(C2CCC(C3CCC(OC(=O)CCC(=O)OCP)CC3)CC2)cc(C)c1C. The molecule has 0 saturated heterocycles. The van der Waals surface area contributed by atoms with Gasteiger partial charge in [-0.15, -0.1) is 0 Å². The van der Waals surface area contributed by atoms with Crippen LogP contribution in [0.5, 0.6) is 0 Å². The molecule has 0 spiro atoms. The number of carbonyl (C=O) groups is 2. The normalized spacial score (nSPS) is 26.3. The molecular formula is C26H39O4P. The van der Waals surface area contributed by atoms with Crippen molar-refractivity contribution in [2.75, 3.05) is 6.35 Å². The third-order valence-electron chi connectivity index (χ3n) is 7.65. The van der Waals surface area contributed by atoms with Gasteiger partial charge in [-0.2, -0.15) is 0 Å². The van der Waals surface area contributed by atoms with E-state index in [1.807, 2.05) is 0 Å². The van der Waals surface area contributed by atoms with E-state index in [4.69, 9.17) is 9.47 Å². The first-order valence-electron chi connectivity index (χ1n) is 12.0. The molecule has 2 saturated carbocycles. The smallest absolute Gasteiger partial charge is 0.306 e. The summed E-state index contributed by atoms with van der Waals surface area (Å²) in [5.41, 5.74) is 5.81. The first-order valence-corrected chi connectivity index (χ1v) is 12.8. The van der Waals surface area contributed by atoms with Gasteiger partial charge >= 0.3 is 11.9 Å². The summed E-state index contributed by atoms with van der Waals surface area (Å²) in [5, 5.41) is 0. The van der Waals surface area contributed by atoms with Gasteiger partial charge in [-0.3, -0.25) is 9.59 Å². The fourth-order valence-electron chi connectivity index (χ4n) is 5.52. The quantitative estimate of drug-likeness (QED) is 0.373. The van der Waals surface area contributed by atoms with E-state index in [2.05, 4.69) is 42.1 Å². The summed E-state index contributed by atoms with van der Waals surface area (Å²) in [7, 11) is 2.33. The second-order valence-electron chi connectivity index (χ2n) is 9.60. The lowest BCUT2D eigenvalue weighted by Gasteiger charge is -2.38. The van der Waals surface area contributed by atoms with E-state index < -0.39 is 0 Å². The molecule has 0 aliphatic heterocycles. The van der Waals surface area contributed by atoms with E-state index in [0.29, 0.717) is 5.92 Å². The standard InChI is InChI=1S/C26H39O4P/c1-17-14-23(15-18(2)19(17)3)22-6-4-20(5-7-22)21-8-10-24(11-9-21)30-26(28)13-12-25(27)29-16-31/h14-15,20-22,24H,4-13,16,31H2,1-3H3. The monoisotopic (exact) mass is 446 g/mol. The minimum absolute atomic E-state index is 0.0244. The van der Waals surface area contributed by atoms with Crippen molar-refractivity contribution < 1.29 is 19.1 Å². The van der Waals surface area contributed by atoms with Crippen LogP contribution in [0.25, 0.3) is 0 Å². The highest BCUT2D eigenvalue weighted by Gasteiger charge is 2.32. The van der Waals surface area contributed by atoms with Crippen molar-refractivity contribution in [3.8, 4) is 0 Å². The molecule has 2 fully saturated rings. The lowest BCUT2D eigenvalue weighted by atomic mass is 9.69. The van der Waals surface area contributed by atoms with E-state index in [1.54, 1.807) is 0 Å². The third kappa shape index (κ3) is 6.78. The Labute approximate surface area is 190 Å². The van der Waals surface area contributed by atoms with E-state index in [1.165, 1.54) is 47.9 Å². The molecule has 2 aliphatic rings. The van der Waals surface area contributed by atoms with Gasteiger partial charge in [0.05, 0.1) is 12.8 Å². The predicted molar refractivity (Wildman–Crippen MR) is 127 cm³/mol. The predicted octanol–water partition coefficient (Wildman–Crippen LogP) is 6.14. The largest absolute Gasteiger partial charge is 0.462 e. The van der Waals surface area contributed by atoms with Crippen LogP contribution in [0.4, 0.5) is 0 Å². The molecule has 0 amide bonds. The van der Waals surface area contributed by atoms with Crippen LogP contribution >= 0.6 is 9.24 Å². The molecule has 1 unspecified atom stereocenters. The highest BCUT2D eigenvalue weighted by molar-refractivity contribution is 7.16. The molecule has 2 aliphatic carbocycles. The number of hydrogen-bond donors (Lipinski definition) is 0. The summed E-state index contributed by atoms with van der Waals surface area (Å²) in [6.07, 6.45) is 9.99. The number of hydrogen-bond acceptors (Lipinski definition) is 4. The molecule has 0 radical (unpaired) electrons. The van der Waals surface area contributed by atoms with Crippen molar-refractivity contribution in [3.05, 3.63) is 34.4 Å². The molecule has 1 atom stereocenters. The van der Waals surface area contributed by atoms with Gasteiger partial charge in [0.25, 0.3) is 0 Å². The van der Waals surface area contributed by atoms with Crippen LogP contribution in [0.15, 0.2) is 12.1 Å². The van der Waals surface area contributed by atoms with Crippen molar-refractivity contribution in [1.82, 2.24) is 0 Å². The number of rotatable bonds is 7. The molecule has 3 rings (SSSR count). The maximum Gasteiger partial charge on any atom is 0.306 e. The highest BCUT2D eigenvalue weighted by atomic mass is 31.0. The number of carbonyl (C=O) groups excluding carboxylic acids is 2. The summed E-state index contributed by atoms with van der Waals surface area (Å²) in [6.45, 7) is 6.69. The Kier molecular flexibility index (Phi) is 8.95. The first-order chi connectivity index (χ1) is 14.9. The van der Waals surface area contributed by atoms with Crippen LogP contribution in [0.2, 0.25) is 0 Å². The Hall–Kier alpha value is -1.41. The van der Waals surface area contributed by atoms with Crippen LogP contribution < -0.4 is 0 Å². The molecule has 1 aromatic rings. The average molecular weight is 447 g/mol. The van der Waals surface area contributed by atoms with Gasteiger partial charge in [0.1, 0.15) is 12.5 Å². The highest BCUT2D eigenvalue weighted by Crippen LogP contribution is 2.43. The summed E-state index contributed by atoms with van der Waals surface area (Å²) in [5.74, 6) is 1.69. The zero-order valence-electron chi connectivity index (χ0n) is 19.5. The van der Waals surface area contributed by atoms with Gasteiger partial charge in [0, 0.05) is 0 Å². The van der Waals surface area contributed by atoms with E-state index in [9.17, 15) is 9.59 Å². The maximum absolute atomic E-state index is 12.0. The van der Waals surface area contributed by atoms with Gasteiger partial charge in [0.2, 0.25) is 0 Å². The molecule has 0 heterocycles. The number of benzene rings is 1. The van der Waals surface area contributed by atoms with Crippen LogP contribution in [0.1, 0.15) is 92.4 Å². The van der Waals surface area contributed by atoms with E-state index in [0.717, 1.165) is 37.5 Å². The minimum Gasteiger partial charge on any atom is -0.462 e. The Morgan fingerprint density at radius 2 is 1.35 bits per heavy atom. The number of aryl methyl sites for hydroxylation is 2. The van der Waals surface area contributed by atoms with Crippen LogP contribution in [0.3, 0.4) is 0 Å². The fourth-order valence-corrected chi connectivity index (χ4v) is 5.71. The van der Waals surface area contributed by atoms with Crippen LogP contribution in [0, 0.1) is 32.6 Å². The van der Waals surface area contributed by atoms with Gasteiger partial charge in [-0.1, -0.05) is 21.4 Å². The molecular weight excluding hydrogens is 407 g/mol. The lowest BCUT2D eigenvalue weighted by molar-refractivity contribution is -0.154. The minimum atomic E-state index is -0.345. The molecule has 4 nitrogen and oxygen atoms in total. The lowest BCUT2D eigenvalue weighted by Crippen LogP contribution is -2.29. The Morgan fingerprint density at radius 3 is 1.90 bits per heavy atom. The second kappa shape index (κ2) is 11.5. The zero-order chi connectivity index (χ0) is 22.4. The van der Waals surface area contributed by atoms with Crippen LogP contribution in [-0.4, -0.2) is 24.4 Å². The number of esters is 2. The van der Waals surface area contributed by atoms with Crippen molar-refractivity contribution in [2.24, 2.45) is 11.8 Å². The Morgan fingerprint density at radius 1 is 0.839 bits per heavy atom. The Bertz CT molecular complexity index is 736. The molecule has 1 aromatic carbocycles. The fraction of sp³-hybridized carbons (Fsp3) is 0.692. The zero-order valence-corrected chi connectivity index (χ0v) is 20.6. The summed E-state index contributed by atoms with van der Waals surface area (Å²) < 4.78 is 10.4. The second-order valence-corrected chi connectivity index (χ2v) is 9.93. The number of ether oxygens (including phenoxy) is 2. The summed E-state index contributed by atoms with van der Waals surface area (Å²) in [6, 6.07) is 4.82. The third-order valence-corrected chi connectivity index (χ3v) is 7.82. The van der Waals surface area contributed by atoms with Gasteiger partial charge in [-0.25, -0.2) is 0 Å². The molecule has 0 N–H and O–H groups in total. The van der Waals surface area contributed by atoms with Crippen molar-refractivity contribution in [1.29, 1.82) is 0 Å². The first kappa shape index (κ1) is 24.2. The van der Waals surface area contributed by atoms with Crippen LogP contribution in [-0.2, 0) is 19.1 Å². The average Bonchev–Trinajstić information content (AvgIpc) is 2.76.